The van der Waals surface area contributed by atoms with Crippen LogP contribution in [0.5, 0.6) is 0 Å². The van der Waals surface area contributed by atoms with Crippen LogP contribution >= 0.6 is 11.6 Å². The van der Waals surface area contributed by atoms with E-state index in [-0.39, 0.29) is 28.4 Å². The number of amides is 3. The average molecular weight is 717 g/mol. The van der Waals surface area contributed by atoms with E-state index in [0.717, 1.165) is 32.2 Å². The fourth-order valence-electron chi connectivity index (χ4n) is 3.22. The van der Waals surface area contributed by atoms with E-state index in [4.69, 9.17) is 16.7 Å². The minimum atomic E-state index is -0.836. The van der Waals surface area contributed by atoms with Crippen molar-refractivity contribution in [2.45, 2.75) is 92.9 Å². The Morgan fingerprint density at radius 1 is 0.780 bits per heavy atom. The number of esters is 2. The molecule has 0 saturated heterocycles. The molecule has 3 amide bonds. The third-order valence-electron chi connectivity index (χ3n) is 6.98. The van der Waals surface area contributed by atoms with Crippen molar-refractivity contribution in [3.8, 4) is 0 Å². The van der Waals surface area contributed by atoms with E-state index in [1.165, 1.54) is 54.9 Å². The van der Waals surface area contributed by atoms with Crippen LogP contribution in [0.25, 0.3) is 0 Å². The number of carboxylic acids is 1. The van der Waals surface area contributed by atoms with Gasteiger partial charge in [-0.3, -0.25) is 28.9 Å². The molecule has 3 saturated carbocycles. The maximum Gasteiger partial charge on any atom is 0.338 e. The number of imide groups is 1. The minimum Gasteiger partial charge on any atom is -0.478 e. The van der Waals surface area contributed by atoms with E-state index >= 15 is 0 Å². The largest absolute Gasteiger partial charge is 0.478 e. The molecular weight excluding hydrogens is 664 g/mol. The topological polar surface area (TPSA) is 164 Å². The zero-order valence-corrected chi connectivity index (χ0v) is 30.9. The van der Waals surface area contributed by atoms with Crippen molar-refractivity contribution in [1.82, 2.24) is 10.2 Å². The molecule has 0 aromatic heterocycles. The first kappa shape index (κ1) is 43.9. The lowest BCUT2D eigenvalue weighted by atomic mass is 9.97. The molecule has 2 heterocycles. The molecule has 5 rings (SSSR count). The summed E-state index contributed by atoms with van der Waals surface area (Å²) in [6.07, 6.45) is 25.0. The first-order valence-electron chi connectivity index (χ1n) is 17.0. The van der Waals surface area contributed by atoms with Crippen molar-refractivity contribution < 1.29 is 43.4 Å². The maximum atomic E-state index is 11.5. The van der Waals surface area contributed by atoms with Crippen LogP contribution in [0.1, 0.15) is 92.9 Å². The second-order valence-electron chi connectivity index (χ2n) is 14.4. The zero-order chi connectivity index (χ0) is 37.9. The minimum absolute atomic E-state index is 0.0336. The molecule has 50 heavy (non-hydrogen) atoms. The predicted molar refractivity (Wildman–Crippen MR) is 191 cm³/mol. The van der Waals surface area contributed by atoms with Gasteiger partial charge in [-0.05, 0) is 120 Å². The number of ether oxygens (including phenoxy) is 1. The Bertz CT molecular complexity index is 1350. The third-order valence-corrected chi connectivity index (χ3v) is 7.55. The number of allylic oxidation sites excluding steroid dienone is 3. The van der Waals surface area contributed by atoms with Gasteiger partial charge in [-0.2, -0.15) is 0 Å². The first-order chi connectivity index (χ1) is 23.3. The second kappa shape index (κ2) is 21.9. The molecule has 11 nitrogen and oxygen atoms in total. The number of hydrogen-bond acceptors (Lipinski definition) is 8. The molecule has 0 aromatic rings. The Hall–Kier alpha value is -4.12. The quantitative estimate of drug-likeness (QED) is 0.140. The van der Waals surface area contributed by atoms with Crippen LogP contribution in [-0.4, -0.2) is 64.0 Å². The number of halogens is 1. The molecule has 0 aromatic carbocycles. The monoisotopic (exact) mass is 716 g/mol. The lowest BCUT2D eigenvalue weighted by molar-refractivity contribution is -0.162. The number of nitrogens with one attached hydrogen (secondary N) is 1. The number of carboxylic acid groups (broad SMARTS) is 1. The van der Waals surface area contributed by atoms with Crippen LogP contribution in [-0.2, 0) is 38.3 Å². The fraction of sp³-hybridized carbons (Fsp3) is 0.553. The molecule has 5 aliphatic rings. The van der Waals surface area contributed by atoms with E-state index in [9.17, 15) is 33.6 Å². The van der Waals surface area contributed by atoms with Crippen LogP contribution < -0.4 is 5.32 Å². The molecule has 3 aliphatic carbocycles. The second-order valence-corrected chi connectivity index (χ2v) is 14.8. The van der Waals surface area contributed by atoms with Gasteiger partial charge < -0.3 is 15.2 Å². The first-order valence-corrected chi connectivity index (χ1v) is 17.4. The van der Waals surface area contributed by atoms with Gasteiger partial charge >= 0.3 is 17.9 Å². The zero-order valence-electron chi connectivity index (χ0n) is 30.1. The summed E-state index contributed by atoms with van der Waals surface area (Å²) in [4.78, 5) is 76.8. The number of aliphatic carboxylic acids is 1. The molecule has 0 radical (unpaired) electrons. The highest BCUT2D eigenvalue weighted by atomic mass is 35.5. The summed E-state index contributed by atoms with van der Waals surface area (Å²) < 4.78 is 4.63. The van der Waals surface area contributed by atoms with E-state index in [0.29, 0.717) is 24.3 Å². The fourth-order valence-corrected chi connectivity index (χ4v) is 3.22. The summed E-state index contributed by atoms with van der Waals surface area (Å²) >= 11 is 5.11. The Balaban J connectivity index is 0.000000325. The molecule has 12 heteroatoms. The lowest BCUT2D eigenvalue weighted by Gasteiger charge is -2.19. The molecule has 0 unspecified atom stereocenters. The summed E-state index contributed by atoms with van der Waals surface area (Å²) in [5.41, 5.74) is -0.995. The highest BCUT2D eigenvalue weighted by molar-refractivity contribution is 6.64. The number of carbonyl (C=O) groups excluding carboxylic acids is 6. The van der Waals surface area contributed by atoms with Crippen molar-refractivity contribution in [3.63, 3.8) is 0 Å². The highest BCUT2D eigenvalue weighted by Gasteiger charge is 2.26. The van der Waals surface area contributed by atoms with Gasteiger partial charge in [0, 0.05) is 30.7 Å². The molecule has 0 spiro atoms. The van der Waals surface area contributed by atoms with Gasteiger partial charge in [-0.1, -0.05) is 51.2 Å². The molecule has 2 N–H and O–H groups in total. The summed E-state index contributed by atoms with van der Waals surface area (Å²) in [6.45, 7) is 11.8. The molecule has 0 atom stereocenters. The normalized spacial score (nSPS) is 18.3. The highest BCUT2D eigenvalue weighted by Crippen LogP contribution is 2.31. The predicted octanol–water partition coefficient (Wildman–Crippen LogP) is 6.23. The summed E-state index contributed by atoms with van der Waals surface area (Å²) in [6, 6.07) is 0. The van der Waals surface area contributed by atoms with Crippen molar-refractivity contribution in [3.05, 3.63) is 60.8 Å². The average Bonchev–Trinajstić information content (AvgIpc) is 3.88. The van der Waals surface area contributed by atoms with Gasteiger partial charge in [-0.25, -0.2) is 9.59 Å². The SMILES string of the molecule is CC(C)(C)C(=O)Cl.CC(C)(C)C(=O)OC(=O)/C=C/C1CC1.O=C(O)/C=C/C1CC1.O=C1C=CCCN1.O=C1C=CCCN1C(=O)/C=C/C1CC1. The van der Waals surface area contributed by atoms with Crippen LogP contribution in [0.4, 0.5) is 0 Å². The van der Waals surface area contributed by atoms with E-state index < -0.39 is 23.3 Å². The molecule has 3 fully saturated rings. The van der Waals surface area contributed by atoms with Crippen molar-refractivity contribution >= 4 is 52.5 Å². The standard InChI is InChI=1S/C11H13NO2.C11H16O3.C6H8O2.C5H9ClO.C5H7NO/c13-10-3-1-2-8-12(10)11(14)7-6-9-4-5-9;1-11(2,3)10(13)14-9(12)7-6-8-4-5-8;7-6(8)4-3-5-1-2-5;1-5(2,3)4(6)7;7-5-3-1-2-4-6-5/h1,3,6-7,9H,2,4-5,8H2;6-8H,4-5H2,1-3H3;3-5H,1-2H2,(H,7,8);1-3H3;1,3H,2,4H2,(H,6,7)/b2*7-6+;4-3+;;. The number of hydrogen-bond donors (Lipinski definition) is 2. The van der Waals surface area contributed by atoms with Gasteiger partial charge in [0.05, 0.1) is 5.41 Å². The summed E-state index contributed by atoms with van der Waals surface area (Å²) in [5.74, 6) is -0.538. The summed E-state index contributed by atoms with van der Waals surface area (Å²) in [7, 11) is 0. The van der Waals surface area contributed by atoms with Crippen LogP contribution in [0.3, 0.4) is 0 Å². The molecule has 2 aliphatic heterocycles. The van der Waals surface area contributed by atoms with E-state index in [1.807, 2.05) is 12.2 Å². The van der Waals surface area contributed by atoms with Gasteiger partial charge in [0.2, 0.25) is 11.1 Å². The van der Waals surface area contributed by atoms with E-state index in [2.05, 4.69) is 10.1 Å². The van der Waals surface area contributed by atoms with Crippen molar-refractivity contribution in [1.29, 1.82) is 0 Å². The molecular formula is C38H53ClN2O9. The molecule has 0 bridgehead atoms. The summed E-state index contributed by atoms with van der Waals surface area (Å²) in [5, 5.41) is 10.5. The Labute approximate surface area is 300 Å². The maximum absolute atomic E-state index is 11.5. The van der Waals surface area contributed by atoms with Gasteiger partial charge in [0.1, 0.15) is 0 Å². The van der Waals surface area contributed by atoms with E-state index in [1.54, 1.807) is 65.8 Å². The Morgan fingerprint density at radius 3 is 1.62 bits per heavy atom. The van der Waals surface area contributed by atoms with Gasteiger partial charge in [0.25, 0.3) is 11.8 Å². The number of rotatable bonds is 6. The van der Waals surface area contributed by atoms with Gasteiger partial charge in [0.15, 0.2) is 0 Å². The lowest BCUT2D eigenvalue weighted by Crippen LogP contribution is -2.37. The third kappa shape index (κ3) is 23.3. The number of carbonyl (C=O) groups is 7. The van der Waals surface area contributed by atoms with Crippen LogP contribution in [0.15, 0.2) is 60.8 Å². The number of nitrogens with zero attached hydrogens (tertiary/aromatic N) is 1. The van der Waals surface area contributed by atoms with Crippen molar-refractivity contribution in [2.75, 3.05) is 13.1 Å². The molecule has 276 valence electrons. The van der Waals surface area contributed by atoms with Crippen LogP contribution in [0, 0.1) is 28.6 Å². The van der Waals surface area contributed by atoms with Gasteiger partial charge in [-0.15, -0.1) is 0 Å². The van der Waals surface area contributed by atoms with Crippen LogP contribution in [0.2, 0.25) is 0 Å². The smallest absolute Gasteiger partial charge is 0.338 e. The van der Waals surface area contributed by atoms with Crippen molar-refractivity contribution in [2.24, 2.45) is 28.6 Å². The Morgan fingerprint density at radius 2 is 1.26 bits per heavy atom. The Kier molecular flexibility index (Phi) is 19.2.